The molecule has 1 atom stereocenters. The molecule has 0 bridgehead atoms. The Balaban J connectivity index is 1.62. The summed E-state index contributed by atoms with van der Waals surface area (Å²) < 4.78 is 54.9. The van der Waals surface area contributed by atoms with E-state index in [4.69, 9.17) is 21.1 Å². The Kier molecular flexibility index (Phi) is 9.43. The number of carbonyl (C=O) groups is 3. The molecule has 1 aliphatic carbocycles. The SMILES string of the molecule is COc1c(N2CCOCC2=O)cc(F)cc1S(=O)(=O)N[C@@H](CNC(=O)c1ccc(Cl)s1)C(=O)NC1CCCC1. The second-order valence-electron chi connectivity index (χ2n) is 9.03. The number of hydrogen-bond acceptors (Lipinski definition) is 8. The summed E-state index contributed by atoms with van der Waals surface area (Å²) in [6.07, 6.45) is 3.36. The van der Waals surface area contributed by atoms with E-state index >= 15 is 0 Å². The van der Waals surface area contributed by atoms with Crippen molar-refractivity contribution in [2.45, 2.75) is 42.7 Å². The molecular weight excluding hydrogens is 575 g/mol. The van der Waals surface area contributed by atoms with E-state index in [1.54, 1.807) is 6.07 Å². The first kappa shape index (κ1) is 29.2. The molecule has 1 aromatic heterocycles. The number of morpholine rings is 1. The van der Waals surface area contributed by atoms with Crippen LogP contribution in [0.1, 0.15) is 35.4 Å². The highest BCUT2D eigenvalue weighted by Crippen LogP contribution is 2.37. The molecule has 4 rings (SSSR count). The van der Waals surface area contributed by atoms with Crippen LogP contribution in [0.2, 0.25) is 4.34 Å². The van der Waals surface area contributed by atoms with Gasteiger partial charge in [-0.15, -0.1) is 11.3 Å². The molecule has 2 fully saturated rings. The summed E-state index contributed by atoms with van der Waals surface area (Å²) >= 11 is 6.92. The smallest absolute Gasteiger partial charge is 0.261 e. The monoisotopic (exact) mass is 602 g/mol. The molecule has 11 nitrogen and oxygen atoms in total. The molecule has 0 spiro atoms. The van der Waals surface area contributed by atoms with E-state index in [1.165, 1.54) is 18.1 Å². The summed E-state index contributed by atoms with van der Waals surface area (Å²) in [6.45, 7) is -0.405. The van der Waals surface area contributed by atoms with Gasteiger partial charge in [0.15, 0.2) is 5.75 Å². The third kappa shape index (κ3) is 7.06. The number of benzene rings is 1. The highest BCUT2D eigenvalue weighted by Gasteiger charge is 2.34. The Morgan fingerprint density at radius 2 is 2.03 bits per heavy atom. The van der Waals surface area contributed by atoms with Crippen LogP contribution >= 0.6 is 22.9 Å². The highest BCUT2D eigenvalue weighted by atomic mass is 35.5. The van der Waals surface area contributed by atoms with E-state index in [9.17, 15) is 27.2 Å². The van der Waals surface area contributed by atoms with Gasteiger partial charge in [-0.05, 0) is 31.0 Å². The van der Waals surface area contributed by atoms with Crippen LogP contribution in [0, 0.1) is 5.82 Å². The number of methoxy groups -OCH3 is 1. The number of nitrogens with zero attached hydrogens (tertiary/aromatic N) is 1. The number of thiophene rings is 1. The van der Waals surface area contributed by atoms with E-state index in [0.29, 0.717) is 4.34 Å². The minimum absolute atomic E-state index is 0.0662. The van der Waals surface area contributed by atoms with Crippen LogP contribution in [0.15, 0.2) is 29.2 Å². The van der Waals surface area contributed by atoms with Crippen molar-refractivity contribution in [1.29, 1.82) is 0 Å². The van der Waals surface area contributed by atoms with Gasteiger partial charge >= 0.3 is 0 Å². The molecule has 2 aromatic rings. The molecule has 212 valence electrons. The van der Waals surface area contributed by atoms with Crippen molar-refractivity contribution < 1.29 is 36.7 Å². The lowest BCUT2D eigenvalue weighted by molar-refractivity contribution is -0.126. The van der Waals surface area contributed by atoms with Crippen LogP contribution in [-0.2, 0) is 24.3 Å². The quantitative estimate of drug-likeness (QED) is 0.378. The molecule has 1 saturated carbocycles. The Morgan fingerprint density at radius 3 is 2.67 bits per heavy atom. The number of rotatable bonds is 10. The van der Waals surface area contributed by atoms with Crippen LogP contribution in [0.4, 0.5) is 10.1 Å². The summed E-state index contributed by atoms with van der Waals surface area (Å²) in [7, 11) is -3.41. The predicted octanol–water partition coefficient (Wildman–Crippen LogP) is 2.05. The summed E-state index contributed by atoms with van der Waals surface area (Å²) in [5, 5.41) is 5.38. The predicted molar refractivity (Wildman–Crippen MR) is 142 cm³/mol. The number of sulfonamides is 1. The molecule has 0 unspecified atom stereocenters. The van der Waals surface area contributed by atoms with Gasteiger partial charge in [0, 0.05) is 25.2 Å². The standard InChI is InChI=1S/C24H28ClFN4O7S2/c1-36-22-17(30-8-9-37-13-21(30)31)10-14(26)11-19(22)39(34,35)29-16(23(32)28-15-4-2-3-5-15)12-27-24(33)18-6-7-20(25)38-18/h6-7,10-11,15-16,29H,2-5,8-9,12-13H2,1H3,(H,27,33)(H,28,32)/t16-/m0/s1. The van der Waals surface area contributed by atoms with Gasteiger partial charge in [0.1, 0.15) is 23.4 Å². The van der Waals surface area contributed by atoms with Crippen LogP contribution in [0.25, 0.3) is 0 Å². The maximum atomic E-state index is 14.7. The minimum Gasteiger partial charge on any atom is -0.493 e. The maximum Gasteiger partial charge on any atom is 0.261 e. The first-order valence-corrected chi connectivity index (χ1v) is 14.9. The molecule has 2 heterocycles. The third-order valence-electron chi connectivity index (χ3n) is 6.35. The van der Waals surface area contributed by atoms with Gasteiger partial charge in [0.05, 0.1) is 28.6 Å². The summed E-state index contributed by atoms with van der Waals surface area (Å²) in [6, 6.07) is 3.23. The summed E-state index contributed by atoms with van der Waals surface area (Å²) in [4.78, 5) is 39.0. The van der Waals surface area contributed by atoms with Crippen molar-refractivity contribution in [2.24, 2.45) is 0 Å². The zero-order valence-electron chi connectivity index (χ0n) is 21.0. The summed E-state index contributed by atoms with van der Waals surface area (Å²) in [5.74, 6) is -2.88. The zero-order valence-corrected chi connectivity index (χ0v) is 23.4. The molecule has 15 heteroatoms. The van der Waals surface area contributed by atoms with E-state index in [1.807, 2.05) is 0 Å². The number of hydrogen-bond donors (Lipinski definition) is 3. The second-order valence-corrected chi connectivity index (χ2v) is 12.4. The molecule has 2 aliphatic rings. The van der Waals surface area contributed by atoms with Crippen molar-refractivity contribution in [3.63, 3.8) is 0 Å². The van der Waals surface area contributed by atoms with E-state index in [2.05, 4.69) is 15.4 Å². The Morgan fingerprint density at radius 1 is 1.28 bits per heavy atom. The van der Waals surface area contributed by atoms with Crippen molar-refractivity contribution in [3.05, 3.63) is 39.3 Å². The van der Waals surface area contributed by atoms with Crippen molar-refractivity contribution in [3.8, 4) is 5.75 Å². The van der Waals surface area contributed by atoms with Gasteiger partial charge in [-0.1, -0.05) is 24.4 Å². The number of halogens is 2. The molecule has 3 amide bonds. The fourth-order valence-electron chi connectivity index (χ4n) is 4.46. The summed E-state index contributed by atoms with van der Waals surface area (Å²) in [5.41, 5.74) is -0.0824. The Bertz CT molecular complexity index is 1350. The van der Waals surface area contributed by atoms with E-state index in [0.717, 1.165) is 49.2 Å². The normalized spacial score (nSPS) is 17.2. The van der Waals surface area contributed by atoms with Crippen molar-refractivity contribution in [2.75, 3.05) is 38.3 Å². The molecule has 39 heavy (non-hydrogen) atoms. The van der Waals surface area contributed by atoms with Crippen molar-refractivity contribution >= 4 is 56.4 Å². The first-order chi connectivity index (χ1) is 18.6. The van der Waals surface area contributed by atoms with Gasteiger partial charge in [0.2, 0.25) is 15.9 Å². The van der Waals surface area contributed by atoms with Gasteiger partial charge in [-0.25, -0.2) is 12.8 Å². The average Bonchev–Trinajstić information content (AvgIpc) is 3.58. The van der Waals surface area contributed by atoms with Gasteiger partial charge in [-0.2, -0.15) is 4.72 Å². The lowest BCUT2D eigenvalue weighted by Crippen LogP contribution is -2.54. The number of ether oxygens (including phenoxy) is 2. The van der Waals surface area contributed by atoms with Crippen LogP contribution in [-0.4, -0.2) is 71.6 Å². The topological polar surface area (TPSA) is 143 Å². The van der Waals surface area contributed by atoms with E-state index < -0.39 is 51.0 Å². The average molecular weight is 603 g/mol. The maximum absolute atomic E-state index is 14.7. The third-order valence-corrected chi connectivity index (χ3v) is 9.06. The van der Waals surface area contributed by atoms with Crippen LogP contribution < -0.4 is 25.0 Å². The molecular formula is C24H28ClFN4O7S2. The number of amides is 3. The van der Waals surface area contributed by atoms with Gasteiger partial charge in [0.25, 0.3) is 11.8 Å². The number of nitrogens with one attached hydrogen (secondary N) is 3. The largest absolute Gasteiger partial charge is 0.493 e. The van der Waals surface area contributed by atoms with Crippen LogP contribution in [0.5, 0.6) is 5.75 Å². The lowest BCUT2D eigenvalue weighted by atomic mass is 10.2. The molecule has 1 aliphatic heterocycles. The van der Waals surface area contributed by atoms with Crippen LogP contribution in [0.3, 0.4) is 0 Å². The number of anilines is 1. The minimum atomic E-state index is -4.61. The molecule has 3 N–H and O–H groups in total. The van der Waals surface area contributed by atoms with Gasteiger partial charge < -0.3 is 25.0 Å². The zero-order chi connectivity index (χ0) is 28.2. The molecule has 1 saturated heterocycles. The number of carbonyl (C=O) groups excluding carboxylic acids is 3. The van der Waals surface area contributed by atoms with E-state index in [-0.39, 0.29) is 42.1 Å². The fraction of sp³-hybridized carbons (Fsp3) is 0.458. The lowest BCUT2D eigenvalue weighted by Gasteiger charge is -2.29. The first-order valence-electron chi connectivity index (χ1n) is 12.2. The second kappa shape index (κ2) is 12.6. The molecule has 1 aromatic carbocycles. The highest BCUT2D eigenvalue weighted by molar-refractivity contribution is 7.89. The Hall–Kier alpha value is -2.78. The fourth-order valence-corrected chi connectivity index (χ4v) is 6.81. The van der Waals surface area contributed by atoms with Gasteiger partial charge in [-0.3, -0.25) is 14.4 Å². The molecule has 0 radical (unpaired) electrons. The van der Waals surface area contributed by atoms with Crippen molar-refractivity contribution in [1.82, 2.24) is 15.4 Å². The Labute approximate surface area is 234 Å².